The number of aryl methyl sites for hydroxylation is 1. The molecule has 10 rings (SSSR count). The second kappa shape index (κ2) is 12.0. The lowest BCUT2D eigenvalue weighted by Crippen LogP contribution is -2.17. The topological polar surface area (TPSA) is 0 Å². The van der Waals surface area contributed by atoms with Gasteiger partial charge in [-0.15, -0.1) is 11.3 Å². The van der Waals surface area contributed by atoms with Gasteiger partial charge in [-0.1, -0.05) is 166 Å². The quantitative estimate of drug-likeness (QED) is 0.157. The standard InChI is InChI=1S/C52H38S/c1-5-33-26-28-42-44-31-36(27-29-45(44)52(3,4)51(42)50(33)47-32(2)53-46-25-14-13-24-43(46)47)35-18-15-19-37(30-35)49-40-22-11-9-20-38(40)48(34-16-7-6-8-17-34)39-21-10-12-23-41(39)49/h5-31H,1H2,2-4H3. The van der Waals surface area contributed by atoms with E-state index in [0.717, 1.165) is 0 Å². The van der Waals surface area contributed by atoms with E-state index in [1.165, 1.54) is 109 Å². The predicted molar refractivity (Wildman–Crippen MR) is 231 cm³/mol. The Morgan fingerprint density at radius 3 is 1.72 bits per heavy atom. The Labute approximate surface area is 315 Å². The summed E-state index contributed by atoms with van der Waals surface area (Å²) in [4.78, 5) is 1.35. The molecule has 0 radical (unpaired) electrons. The highest BCUT2D eigenvalue weighted by Crippen LogP contribution is 2.56. The normalized spacial score (nSPS) is 13.0. The fourth-order valence-corrected chi connectivity index (χ4v) is 10.3. The number of hydrogen-bond acceptors (Lipinski definition) is 1. The van der Waals surface area contributed by atoms with Crippen molar-refractivity contribution in [3.05, 3.63) is 186 Å². The highest BCUT2D eigenvalue weighted by atomic mass is 32.1. The summed E-state index contributed by atoms with van der Waals surface area (Å²) in [6.07, 6.45) is 2.04. The zero-order valence-corrected chi connectivity index (χ0v) is 31.0. The van der Waals surface area contributed by atoms with Gasteiger partial charge in [-0.2, -0.15) is 0 Å². The highest BCUT2D eigenvalue weighted by Gasteiger charge is 2.39. The van der Waals surface area contributed by atoms with Gasteiger partial charge in [-0.05, 0) is 113 Å². The Bertz CT molecular complexity index is 2880. The van der Waals surface area contributed by atoms with Crippen LogP contribution in [-0.2, 0) is 5.41 Å². The SMILES string of the molecule is C=Cc1ccc2c(c1-c1c(C)sc3ccccc13)C(C)(C)c1ccc(-c3cccc(-c4c5ccccc5c(-c5ccccc5)c5ccccc45)c3)cc1-2. The first-order chi connectivity index (χ1) is 25.9. The van der Waals surface area contributed by atoms with Crippen molar-refractivity contribution >= 4 is 49.0 Å². The molecule has 1 heteroatoms. The van der Waals surface area contributed by atoms with Crippen LogP contribution in [0.5, 0.6) is 0 Å². The molecule has 1 aliphatic carbocycles. The van der Waals surface area contributed by atoms with E-state index in [2.05, 4.69) is 185 Å². The lowest BCUT2D eigenvalue weighted by Gasteiger charge is -2.26. The van der Waals surface area contributed by atoms with Crippen LogP contribution in [0.15, 0.2) is 164 Å². The van der Waals surface area contributed by atoms with Crippen LogP contribution in [0.25, 0.3) is 93.3 Å². The van der Waals surface area contributed by atoms with Crippen LogP contribution in [0.3, 0.4) is 0 Å². The van der Waals surface area contributed by atoms with Gasteiger partial charge in [0.15, 0.2) is 0 Å². The molecule has 0 atom stereocenters. The summed E-state index contributed by atoms with van der Waals surface area (Å²) in [6, 6.07) is 58.4. The molecule has 0 amide bonds. The lowest BCUT2D eigenvalue weighted by atomic mass is 9.77. The smallest absolute Gasteiger partial charge is 0.0352 e. The minimum absolute atomic E-state index is 0.173. The van der Waals surface area contributed by atoms with Crippen molar-refractivity contribution < 1.29 is 0 Å². The largest absolute Gasteiger partial charge is 0.140 e. The average molecular weight is 695 g/mol. The summed E-state index contributed by atoms with van der Waals surface area (Å²) in [5.74, 6) is 0. The highest BCUT2D eigenvalue weighted by molar-refractivity contribution is 7.19. The molecule has 0 fully saturated rings. The molecule has 0 bridgehead atoms. The van der Waals surface area contributed by atoms with Gasteiger partial charge in [-0.25, -0.2) is 0 Å². The van der Waals surface area contributed by atoms with Gasteiger partial charge in [-0.3, -0.25) is 0 Å². The van der Waals surface area contributed by atoms with Crippen LogP contribution in [0, 0.1) is 6.92 Å². The number of hydrogen-bond donors (Lipinski definition) is 0. The van der Waals surface area contributed by atoms with Gasteiger partial charge in [0.25, 0.3) is 0 Å². The molecule has 0 N–H and O–H groups in total. The van der Waals surface area contributed by atoms with Crippen molar-refractivity contribution in [2.24, 2.45) is 0 Å². The molecule has 1 heterocycles. The van der Waals surface area contributed by atoms with Crippen LogP contribution in [0.2, 0.25) is 0 Å². The molecule has 1 aromatic heterocycles. The molecule has 0 spiro atoms. The summed E-state index contributed by atoms with van der Waals surface area (Å²) in [5, 5.41) is 6.42. The minimum Gasteiger partial charge on any atom is -0.140 e. The van der Waals surface area contributed by atoms with Gasteiger partial charge < -0.3 is 0 Å². The first-order valence-electron chi connectivity index (χ1n) is 18.5. The van der Waals surface area contributed by atoms with E-state index >= 15 is 0 Å². The number of thiophene rings is 1. The van der Waals surface area contributed by atoms with Gasteiger partial charge >= 0.3 is 0 Å². The molecule has 9 aromatic rings. The molecule has 53 heavy (non-hydrogen) atoms. The van der Waals surface area contributed by atoms with Crippen molar-refractivity contribution in [2.75, 3.05) is 0 Å². The predicted octanol–water partition coefficient (Wildman–Crippen LogP) is 15.1. The minimum atomic E-state index is -0.173. The van der Waals surface area contributed by atoms with Crippen molar-refractivity contribution in [2.45, 2.75) is 26.2 Å². The molecule has 252 valence electrons. The molecule has 0 saturated heterocycles. The van der Waals surface area contributed by atoms with E-state index in [1.807, 2.05) is 17.4 Å². The first kappa shape index (κ1) is 31.7. The Morgan fingerprint density at radius 1 is 0.472 bits per heavy atom. The maximum Gasteiger partial charge on any atom is 0.0352 e. The van der Waals surface area contributed by atoms with Crippen molar-refractivity contribution in [1.82, 2.24) is 0 Å². The van der Waals surface area contributed by atoms with Gasteiger partial charge in [0.2, 0.25) is 0 Å². The van der Waals surface area contributed by atoms with Crippen LogP contribution in [-0.4, -0.2) is 0 Å². The number of benzene rings is 8. The molecule has 1 aliphatic rings. The van der Waals surface area contributed by atoms with E-state index < -0.39 is 0 Å². The van der Waals surface area contributed by atoms with Crippen LogP contribution < -0.4 is 0 Å². The maximum atomic E-state index is 4.28. The molecule has 0 unspecified atom stereocenters. The zero-order chi connectivity index (χ0) is 35.8. The van der Waals surface area contributed by atoms with E-state index in [1.54, 1.807) is 0 Å². The lowest BCUT2D eigenvalue weighted by molar-refractivity contribution is 0.662. The maximum absolute atomic E-state index is 4.28. The molecular formula is C52H38S. The second-order valence-electron chi connectivity index (χ2n) is 14.9. The monoisotopic (exact) mass is 694 g/mol. The third-order valence-corrected chi connectivity index (χ3v) is 12.7. The third-order valence-electron chi connectivity index (χ3n) is 11.6. The summed E-state index contributed by atoms with van der Waals surface area (Å²) in [6.45, 7) is 11.3. The van der Waals surface area contributed by atoms with E-state index in [-0.39, 0.29) is 5.41 Å². The van der Waals surface area contributed by atoms with E-state index in [9.17, 15) is 0 Å². The summed E-state index contributed by atoms with van der Waals surface area (Å²) in [7, 11) is 0. The Morgan fingerprint density at radius 2 is 1.04 bits per heavy atom. The van der Waals surface area contributed by atoms with Crippen LogP contribution >= 0.6 is 11.3 Å². The Balaban J connectivity index is 1.16. The van der Waals surface area contributed by atoms with Gasteiger partial charge in [0.05, 0.1) is 0 Å². The van der Waals surface area contributed by atoms with Crippen molar-refractivity contribution in [3.8, 4) is 55.6 Å². The Hall–Kier alpha value is -6.02. The van der Waals surface area contributed by atoms with E-state index in [4.69, 9.17) is 0 Å². The number of rotatable bonds is 5. The van der Waals surface area contributed by atoms with Crippen LogP contribution in [0.1, 0.15) is 35.4 Å². The van der Waals surface area contributed by atoms with Gasteiger partial charge in [0.1, 0.15) is 0 Å². The molecule has 8 aromatic carbocycles. The fraction of sp³-hybridized carbons (Fsp3) is 0.0769. The third kappa shape index (κ3) is 4.74. The second-order valence-corrected chi connectivity index (χ2v) is 16.1. The van der Waals surface area contributed by atoms with Crippen LogP contribution in [0.4, 0.5) is 0 Å². The van der Waals surface area contributed by atoms with Crippen molar-refractivity contribution in [1.29, 1.82) is 0 Å². The van der Waals surface area contributed by atoms with E-state index in [0.29, 0.717) is 0 Å². The summed E-state index contributed by atoms with van der Waals surface area (Å²) < 4.78 is 1.33. The van der Waals surface area contributed by atoms with Crippen molar-refractivity contribution in [3.63, 3.8) is 0 Å². The van der Waals surface area contributed by atoms with Gasteiger partial charge in [0, 0.05) is 25.9 Å². The summed E-state index contributed by atoms with van der Waals surface area (Å²) >= 11 is 1.89. The Kier molecular flexibility index (Phi) is 7.19. The molecular weight excluding hydrogens is 657 g/mol. The fourth-order valence-electron chi connectivity index (χ4n) is 9.25. The summed E-state index contributed by atoms with van der Waals surface area (Å²) in [5.41, 5.74) is 16.6. The first-order valence-corrected chi connectivity index (χ1v) is 19.3. The molecule has 0 nitrogen and oxygen atoms in total. The zero-order valence-electron chi connectivity index (χ0n) is 30.2. The average Bonchev–Trinajstić information content (AvgIpc) is 3.65. The molecule has 0 saturated carbocycles. The number of fused-ring (bicyclic) bond motifs is 6. The molecule has 0 aliphatic heterocycles.